The Morgan fingerprint density at radius 3 is 2.57 bits per heavy atom. The molecule has 3 rings (SSSR count). The summed E-state index contributed by atoms with van der Waals surface area (Å²) in [4.78, 5) is 11.7. The summed E-state index contributed by atoms with van der Waals surface area (Å²) in [5, 5.41) is 13.6. The number of piperazine rings is 1. The fourth-order valence-corrected chi connectivity index (χ4v) is 4.51. The Labute approximate surface area is 143 Å². The maximum absolute atomic E-state index is 10.4. The van der Waals surface area contributed by atoms with Gasteiger partial charge < -0.3 is 14.9 Å². The maximum atomic E-state index is 10.4. The first-order valence-corrected chi connectivity index (χ1v) is 9.78. The quantitative estimate of drug-likeness (QED) is 0.886. The highest BCUT2D eigenvalue weighted by Crippen LogP contribution is 2.23. The van der Waals surface area contributed by atoms with Crippen molar-refractivity contribution in [1.82, 2.24) is 14.8 Å². The van der Waals surface area contributed by atoms with E-state index in [1.807, 2.05) is 11.6 Å². The zero-order chi connectivity index (χ0) is 16.2. The molecule has 1 aromatic rings. The Morgan fingerprint density at radius 1 is 1.17 bits per heavy atom. The van der Waals surface area contributed by atoms with Crippen LogP contribution >= 0.6 is 11.3 Å². The topological polar surface area (TPSA) is 42.8 Å². The van der Waals surface area contributed by atoms with Gasteiger partial charge in [0.15, 0.2) is 5.13 Å². The third-order valence-electron chi connectivity index (χ3n) is 5.19. The van der Waals surface area contributed by atoms with Crippen molar-refractivity contribution in [2.45, 2.75) is 38.8 Å². The zero-order valence-electron chi connectivity index (χ0n) is 14.4. The summed E-state index contributed by atoms with van der Waals surface area (Å²) in [7, 11) is 0. The third kappa shape index (κ3) is 4.66. The van der Waals surface area contributed by atoms with Gasteiger partial charge in [-0.15, -0.1) is 11.3 Å². The Hall–Kier alpha value is -0.690. The van der Waals surface area contributed by atoms with E-state index in [2.05, 4.69) is 33.5 Å². The molecule has 1 N–H and O–H groups in total. The monoisotopic (exact) mass is 338 g/mol. The predicted octanol–water partition coefficient (Wildman–Crippen LogP) is 1.75. The molecule has 0 amide bonds. The fraction of sp³-hybridized carbons (Fsp3) is 0.824. The summed E-state index contributed by atoms with van der Waals surface area (Å²) in [5.74, 6) is 0.850. The van der Waals surface area contributed by atoms with Crippen LogP contribution in [0.2, 0.25) is 0 Å². The van der Waals surface area contributed by atoms with E-state index in [-0.39, 0.29) is 6.10 Å². The number of rotatable bonds is 5. The van der Waals surface area contributed by atoms with E-state index >= 15 is 0 Å². The molecule has 1 aromatic heterocycles. The summed E-state index contributed by atoms with van der Waals surface area (Å²) in [6.07, 6.45) is 4.19. The molecular formula is C17H30N4OS. The van der Waals surface area contributed by atoms with Crippen molar-refractivity contribution in [1.29, 1.82) is 0 Å². The maximum Gasteiger partial charge on any atom is 0.185 e. The van der Waals surface area contributed by atoms with Gasteiger partial charge in [0.05, 0.1) is 6.10 Å². The number of aromatic nitrogens is 1. The average Bonchev–Trinajstić information content (AvgIpc) is 3.04. The first-order chi connectivity index (χ1) is 11.1. The van der Waals surface area contributed by atoms with Crippen molar-refractivity contribution in [3.8, 4) is 0 Å². The molecule has 0 aromatic carbocycles. The van der Waals surface area contributed by atoms with Crippen LogP contribution in [0.25, 0.3) is 0 Å². The molecule has 0 aliphatic carbocycles. The molecule has 2 atom stereocenters. The Kier molecular flexibility index (Phi) is 5.91. The summed E-state index contributed by atoms with van der Waals surface area (Å²) in [6, 6.07) is 0.456. The van der Waals surface area contributed by atoms with Gasteiger partial charge in [-0.05, 0) is 38.8 Å². The van der Waals surface area contributed by atoms with Crippen LogP contribution in [0.1, 0.15) is 26.7 Å². The molecule has 0 spiro atoms. The van der Waals surface area contributed by atoms with Crippen LogP contribution in [0.5, 0.6) is 0 Å². The van der Waals surface area contributed by atoms with Crippen molar-refractivity contribution < 1.29 is 5.11 Å². The minimum Gasteiger partial charge on any atom is -0.390 e. The number of likely N-dealkylation sites (tertiary alicyclic amines) is 1. The summed E-state index contributed by atoms with van der Waals surface area (Å²) in [6.45, 7) is 11.5. The molecular weight excluding hydrogens is 308 g/mol. The molecule has 2 aliphatic rings. The van der Waals surface area contributed by atoms with E-state index < -0.39 is 0 Å². The highest BCUT2D eigenvalue weighted by Gasteiger charge is 2.27. The molecule has 0 saturated carbocycles. The van der Waals surface area contributed by atoms with Crippen LogP contribution in [0.15, 0.2) is 11.6 Å². The van der Waals surface area contributed by atoms with Crippen molar-refractivity contribution in [3.63, 3.8) is 0 Å². The van der Waals surface area contributed by atoms with Gasteiger partial charge in [-0.1, -0.05) is 6.92 Å². The first-order valence-electron chi connectivity index (χ1n) is 8.90. The number of anilines is 1. The number of piperidine rings is 1. The number of aliphatic hydroxyl groups excluding tert-OH is 1. The van der Waals surface area contributed by atoms with Crippen LogP contribution in [0, 0.1) is 5.92 Å². The van der Waals surface area contributed by atoms with Crippen LogP contribution in [-0.2, 0) is 0 Å². The lowest BCUT2D eigenvalue weighted by molar-refractivity contribution is 0.0564. The van der Waals surface area contributed by atoms with Gasteiger partial charge in [0.25, 0.3) is 0 Å². The summed E-state index contributed by atoms with van der Waals surface area (Å²) in [5.41, 5.74) is 0. The molecule has 23 heavy (non-hydrogen) atoms. The number of nitrogens with zero attached hydrogens (tertiary/aromatic N) is 4. The number of β-amino-alcohol motifs (C(OH)–C–C–N with tert-alkyl or cyclic N) is 1. The van der Waals surface area contributed by atoms with Crippen molar-refractivity contribution >= 4 is 16.5 Å². The number of aliphatic hydroxyl groups is 1. The third-order valence-corrected chi connectivity index (χ3v) is 6.00. The van der Waals surface area contributed by atoms with Gasteiger partial charge in [-0.3, -0.25) is 4.90 Å². The minimum atomic E-state index is -0.234. The molecule has 3 heterocycles. The van der Waals surface area contributed by atoms with E-state index in [0.29, 0.717) is 6.04 Å². The van der Waals surface area contributed by atoms with E-state index in [0.717, 1.165) is 56.9 Å². The van der Waals surface area contributed by atoms with Crippen LogP contribution in [0.3, 0.4) is 0 Å². The van der Waals surface area contributed by atoms with Gasteiger partial charge in [-0.2, -0.15) is 0 Å². The smallest absolute Gasteiger partial charge is 0.185 e. The largest absolute Gasteiger partial charge is 0.390 e. The highest BCUT2D eigenvalue weighted by atomic mass is 32.1. The number of hydrogen-bond acceptors (Lipinski definition) is 6. The Morgan fingerprint density at radius 2 is 1.91 bits per heavy atom. The predicted molar refractivity (Wildman–Crippen MR) is 96.2 cm³/mol. The first kappa shape index (κ1) is 17.1. The van der Waals surface area contributed by atoms with Crippen LogP contribution < -0.4 is 4.90 Å². The normalized spacial score (nSPS) is 26.6. The van der Waals surface area contributed by atoms with Gasteiger partial charge in [0.2, 0.25) is 0 Å². The highest BCUT2D eigenvalue weighted by molar-refractivity contribution is 7.13. The van der Waals surface area contributed by atoms with Gasteiger partial charge in [0, 0.05) is 50.3 Å². The molecule has 6 heteroatoms. The minimum absolute atomic E-state index is 0.234. The molecule has 0 unspecified atom stereocenters. The summed E-state index contributed by atoms with van der Waals surface area (Å²) >= 11 is 1.71. The van der Waals surface area contributed by atoms with Crippen molar-refractivity contribution in [2.75, 3.05) is 50.7 Å². The van der Waals surface area contributed by atoms with Crippen LogP contribution in [-0.4, -0.2) is 77.8 Å². The number of thiazole rings is 1. The molecule has 2 aliphatic heterocycles. The fourth-order valence-electron chi connectivity index (χ4n) is 3.74. The van der Waals surface area contributed by atoms with Crippen LogP contribution in [0.4, 0.5) is 5.13 Å². The van der Waals surface area contributed by atoms with E-state index in [1.165, 1.54) is 12.8 Å². The van der Waals surface area contributed by atoms with Gasteiger partial charge in [-0.25, -0.2) is 4.98 Å². The number of hydrogen-bond donors (Lipinski definition) is 1. The molecule has 0 radical (unpaired) electrons. The lowest BCUT2D eigenvalue weighted by Crippen LogP contribution is -2.54. The molecule has 5 nitrogen and oxygen atoms in total. The van der Waals surface area contributed by atoms with E-state index in [4.69, 9.17) is 0 Å². The summed E-state index contributed by atoms with van der Waals surface area (Å²) < 4.78 is 0. The zero-order valence-corrected chi connectivity index (χ0v) is 15.2. The lowest BCUT2D eigenvalue weighted by atomic mass is 9.99. The standard InChI is InChI=1S/C17H30N4OS/c1-14-3-6-19(7-4-14)12-16(22)13-20-8-9-21(15(2)11-20)17-18-5-10-23-17/h5,10,14-16,22H,3-4,6-9,11-13H2,1-2H3/t15-,16-/m1/s1. The molecule has 0 bridgehead atoms. The molecule has 2 fully saturated rings. The van der Waals surface area contributed by atoms with E-state index in [1.54, 1.807) is 11.3 Å². The lowest BCUT2D eigenvalue weighted by Gasteiger charge is -2.41. The molecule has 2 saturated heterocycles. The molecule has 130 valence electrons. The van der Waals surface area contributed by atoms with Crippen molar-refractivity contribution in [2.24, 2.45) is 5.92 Å². The van der Waals surface area contributed by atoms with Gasteiger partial charge in [0.1, 0.15) is 0 Å². The second-order valence-corrected chi connectivity index (χ2v) is 8.13. The SMILES string of the molecule is CC1CCN(C[C@@H](O)CN2CCN(c3nccs3)[C@H](C)C2)CC1. The second kappa shape index (κ2) is 7.92. The second-order valence-electron chi connectivity index (χ2n) is 7.25. The Bertz CT molecular complexity index is 461. The van der Waals surface area contributed by atoms with Crippen molar-refractivity contribution in [3.05, 3.63) is 11.6 Å². The van der Waals surface area contributed by atoms with E-state index in [9.17, 15) is 5.11 Å². The Balaban J connectivity index is 1.42. The van der Waals surface area contributed by atoms with Gasteiger partial charge >= 0.3 is 0 Å². The average molecular weight is 339 g/mol.